The number of nitrogens with two attached hydrogens (primary N) is 1. The molecule has 0 aliphatic heterocycles. The second-order valence-electron chi connectivity index (χ2n) is 4.33. The van der Waals surface area contributed by atoms with Gasteiger partial charge < -0.3 is 5.73 Å². The molecule has 2 aromatic rings. The van der Waals surface area contributed by atoms with E-state index in [1.165, 1.54) is 11.8 Å². The van der Waals surface area contributed by atoms with Crippen molar-refractivity contribution in [1.29, 1.82) is 0 Å². The average molecular weight is 288 g/mol. The Morgan fingerprint density at radius 2 is 2.30 bits per heavy atom. The van der Waals surface area contributed by atoms with Crippen molar-refractivity contribution in [3.8, 4) is 11.4 Å². The molecule has 0 aliphatic rings. The molecule has 1 amide bonds. The molecule has 20 heavy (non-hydrogen) atoms. The highest BCUT2D eigenvalue weighted by molar-refractivity contribution is 7.99. The number of amides is 1. The first kappa shape index (κ1) is 14.3. The first-order valence-corrected chi connectivity index (χ1v) is 7.12. The summed E-state index contributed by atoms with van der Waals surface area (Å²) >= 11 is 1.28. The van der Waals surface area contributed by atoms with Crippen molar-refractivity contribution >= 4 is 17.7 Å². The Labute approximate surface area is 121 Å². The molecule has 1 heterocycles. The van der Waals surface area contributed by atoms with Crippen LogP contribution in [0.1, 0.15) is 5.56 Å². The summed E-state index contributed by atoms with van der Waals surface area (Å²) < 4.78 is 1.93. The molecule has 0 saturated heterocycles. The highest BCUT2D eigenvalue weighted by Crippen LogP contribution is 2.24. The fourth-order valence-corrected chi connectivity index (χ4v) is 2.51. The molecule has 0 atom stereocenters. The van der Waals surface area contributed by atoms with Crippen LogP contribution in [0.4, 0.5) is 0 Å². The lowest BCUT2D eigenvalue weighted by Crippen LogP contribution is -2.13. The molecule has 1 aromatic heterocycles. The van der Waals surface area contributed by atoms with E-state index in [1.807, 2.05) is 35.8 Å². The van der Waals surface area contributed by atoms with Gasteiger partial charge >= 0.3 is 0 Å². The summed E-state index contributed by atoms with van der Waals surface area (Å²) in [4.78, 5) is 10.9. The second-order valence-corrected chi connectivity index (χ2v) is 5.27. The van der Waals surface area contributed by atoms with Gasteiger partial charge in [0.15, 0.2) is 11.0 Å². The number of carbonyl (C=O) groups is 1. The van der Waals surface area contributed by atoms with Crippen LogP contribution in [0.3, 0.4) is 0 Å². The van der Waals surface area contributed by atoms with E-state index >= 15 is 0 Å². The van der Waals surface area contributed by atoms with Crippen LogP contribution in [0, 0.1) is 6.92 Å². The smallest absolute Gasteiger partial charge is 0.227 e. The first-order valence-electron chi connectivity index (χ1n) is 6.14. The van der Waals surface area contributed by atoms with E-state index < -0.39 is 0 Å². The Morgan fingerprint density at radius 3 is 2.95 bits per heavy atom. The number of carbonyl (C=O) groups excluding carboxylic acids is 1. The van der Waals surface area contributed by atoms with Gasteiger partial charge in [0, 0.05) is 12.1 Å². The van der Waals surface area contributed by atoms with Crippen LogP contribution in [-0.2, 0) is 11.3 Å². The number of aromatic nitrogens is 3. The van der Waals surface area contributed by atoms with E-state index in [9.17, 15) is 4.79 Å². The number of benzene rings is 1. The molecule has 0 fully saturated rings. The van der Waals surface area contributed by atoms with E-state index in [0.717, 1.165) is 17.0 Å². The quantitative estimate of drug-likeness (QED) is 0.652. The number of thioether (sulfide) groups is 1. The van der Waals surface area contributed by atoms with Crippen molar-refractivity contribution in [2.75, 3.05) is 5.75 Å². The zero-order chi connectivity index (χ0) is 14.5. The fourth-order valence-electron chi connectivity index (χ4n) is 1.82. The van der Waals surface area contributed by atoms with Gasteiger partial charge in [0.05, 0.1) is 5.75 Å². The van der Waals surface area contributed by atoms with Crippen molar-refractivity contribution in [1.82, 2.24) is 14.8 Å². The number of allylic oxidation sites excluding steroid dienone is 1. The highest BCUT2D eigenvalue weighted by Gasteiger charge is 2.14. The van der Waals surface area contributed by atoms with E-state index in [-0.39, 0.29) is 11.7 Å². The summed E-state index contributed by atoms with van der Waals surface area (Å²) in [5.74, 6) is 0.573. The number of hydrogen-bond donors (Lipinski definition) is 1. The summed E-state index contributed by atoms with van der Waals surface area (Å²) in [5.41, 5.74) is 7.31. The number of hydrogen-bond acceptors (Lipinski definition) is 4. The molecule has 0 spiro atoms. The van der Waals surface area contributed by atoms with Gasteiger partial charge in [0.1, 0.15) is 0 Å². The highest BCUT2D eigenvalue weighted by atomic mass is 32.2. The van der Waals surface area contributed by atoms with Crippen LogP contribution in [0.2, 0.25) is 0 Å². The van der Waals surface area contributed by atoms with Crippen LogP contribution in [0.5, 0.6) is 0 Å². The van der Waals surface area contributed by atoms with Gasteiger partial charge in [-0.15, -0.1) is 16.8 Å². The molecular weight excluding hydrogens is 272 g/mol. The Kier molecular flexibility index (Phi) is 4.57. The zero-order valence-electron chi connectivity index (χ0n) is 11.2. The molecule has 5 nitrogen and oxygen atoms in total. The predicted molar refractivity (Wildman–Crippen MR) is 80.3 cm³/mol. The van der Waals surface area contributed by atoms with Crippen LogP contribution in [-0.4, -0.2) is 26.4 Å². The topological polar surface area (TPSA) is 73.8 Å². The molecule has 2 N–H and O–H groups in total. The van der Waals surface area contributed by atoms with Gasteiger partial charge in [-0.1, -0.05) is 41.6 Å². The Bertz CT molecular complexity index is 636. The van der Waals surface area contributed by atoms with Crippen molar-refractivity contribution < 1.29 is 4.79 Å². The molecular formula is C14H16N4OS. The molecule has 0 saturated carbocycles. The molecule has 104 valence electrons. The molecule has 0 bridgehead atoms. The minimum Gasteiger partial charge on any atom is -0.369 e. The van der Waals surface area contributed by atoms with Crippen molar-refractivity contribution in [2.24, 2.45) is 5.73 Å². The fraction of sp³-hybridized carbons (Fsp3) is 0.214. The summed E-state index contributed by atoms with van der Waals surface area (Å²) in [6.45, 7) is 6.36. The maximum Gasteiger partial charge on any atom is 0.227 e. The average Bonchev–Trinajstić information content (AvgIpc) is 2.80. The normalized spacial score (nSPS) is 10.4. The summed E-state index contributed by atoms with van der Waals surface area (Å²) in [5, 5.41) is 9.02. The monoisotopic (exact) mass is 288 g/mol. The van der Waals surface area contributed by atoms with Crippen LogP contribution in [0.25, 0.3) is 11.4 Å². The molecule has 1 aromatic carbocycles. The summed E-state index contributed by atoms with van der Waals surface area (Å²) in [7, 11) is 0. The van der Waals surface area contributed by atoms with Gasteiger partial charge in [0.25, 0.3) is 0 Å². The third-order valence-corrected chi connectivity index (χ3v) is 3.64. The number of rotatable bonds is 6. The first-order chi connectivity index (χ1) is 9.61. The van der Waals surface area contributed by atoms with Crippen molar-refractivity contribution in [3.05, 3.63) is 42.5 Å². The molecule has 0 unspecified atom stereocenters. The zero-order valence-corrected chi connectivity index (χ0v) is 12.1. The third kappa shape index (κ3) is 3.27. The van der Waals surface area contributed by atoms with Gasteiger partial charge in [-0.3, -0.25) is 9.36 Å². The lowest BCUT2D eigenvalue weighted by molar-refractivity contribution is -0.115. The maximum atomic E-state index is 10.9. The maximum absolute atomic E-state index is 10.9. The molecule has 0 radical (unpaired) electrons. The summed E-state index contributed by atoms with van der Waals surface area (Å²) in [6.07, 6.45) is 1.77. The standard InChI is InChI=1S/C14H16N4OS/c1-3-7-18-13(11-6-4-5-10(2)8-11)16-17-14(18)20-9-12(15)19/h3-6,8H,1,7,9H2,2H3,(H2,15,19). The lowest BCUT2D eigenvalue weighted by Gasteiger charge is -2.07. The number of primary amides is 1. The Balaban J connectivity index is 2.38. The van der Waals surface area contributed by atoms with Crippen LogP contribution >= 0.6 is 11.8 Å². The second kappa shape index (κ2) is 6.38. The van der Waals surface area contributed by atoms with E-state index in [4.69, 9.17) is 5.73 Å². The summed E-state index contributed by atoms with van der Waals surface area (Å²) in [6, 6.07) is 8.04. The Hall–Kier alpha value is -2.08. The van der Waals surface area contributed by atoms with Crippen molar-refractivity contribution in [3.63, 3.8) is 0 Å². The van der Waals surface area contributed by atoms with Crippen LogP contribution < -0.4 is 5.73 Å². The Morgan fingerprint density at radius 1 is 1.50 bits per heavy atom. The van der Waals surface area contributed by atoms with E-state index in [2.05, 4.69) is 16.8 Å². The van der Waals surface area contributed by atoms with E-state index in [0.29, 0.717) is 11.7 Å². The SMILES string of the molecule is C=CCn1c(SCC(N)=O)nnc1-c1cccc(C)c1. The predicted octanol–water partition coefficient (Wildman–Crippen LogP) is 2.02. The molecule has 2 rings (SSSR count). The largest absolute Gasteiger partial charge is 0.369 e. The molecule has 0 aliphatic carbocycles. The van der Waals surface area contributed by atoms with Gasteiger partial charge in [0.2, 0.25) is 5.91 Å². The van der Waals surface area contributed by atoms with Gasteiger partial charge in [-0.25, -0.2) is 0 Å². The number of aryl methyl sites for hydroxylation is 1. The minimum absolute atomic E-state index is 0.184. The van der Waals surface area contributed by atoms with Crippen molar-refractivity contribution in [2.45, 2.75) is 18.6 Å². The minimum atomic E-state index is -0.375. The third-order valence-electron chi connectivity index (χ3n) is 2.65. The lowest BCUT2D eigenvalue weighted by atomic mass is 10.1. The molecule has 6 heteroatoms. The van der Waals surface area contributed by atoms with Gasteiger partial charge in [-0.05, 0) is 13.0 Å². The van der Waals surface area contributed by atoms with Gasteiger partial charge in [-0.2, -0.15) is 0 Å². The van der Waals surface area contributed by atoms with Crippen LogP contribution in [0.15, 0.2) is 42.1 Å². The van der Waals surface area contributed by atoms with E-state index in [1.54, 1.807) is 6.08 Å². The number of nitrogens with zero attached hydrogens (tertiary/aromatic N) is 3.